The number of aliphatic carboxylic acids is 1. The van der Waals surface area contributed by atoms with Crippen LogP contribution in [0.15, 0.2) is 22.7 Å². The summed E-state index contributed by atoms with van der Waals surface area (Å²) in [6.07, 6.45) is 6.29. The molecule has 0 amide bonds. The van der Waals surface area contributed by atoms with Gasteiger partial charge in [0.1, 0.15) is 11.8 Å². The van der Waals surface area contributed by atoms with Crippen LogP contribution in [0, 0.1) is 5.92 Å². The molecule has 2 N–H and O–H groups in total. The lowest BCUT2D eigenvalue weighted by molar-refractivity contribution is -0.143. The number of ether oxygens (including phenoxy) is 2. The Morgan fingerprint density at radius 2 is 2.38 bits per heavy atom. The van der Waals surface area contributed by atoms with E-state index in [0.29, 0.717) is 6.04 Å². The Labute approximate surface area is 158 Å². The van der Waals surface area contributed by atoms with Gasteiger partial charge in [-0.05, 0) is 69.1 Å². The lowest BCUT2D eigenvalue weighted by atomic mass is 9.98. The van der Waals surface area contributed by atoms with Gasteiger partial charge in [0.25, 0.3) is 0 Å². The molecule has 2 fully saturated rings. The van der Waals surface area contributed by atoms with E-state index in [4.69, 9.17) is 9.47 Å². The minimum atomic E-state index is -0.851. The molecular weight excluding hydrogens is 352 g/mol. The van der Waals surface area contributed by atoms with Crippen LogP contribution >= 0.6 is 10.9 Å². The van der Waals surface area contributed by atoms with Gasteiger partial charge in [0.05, 0.1) is 18.1 Å². The van der Waals surface area contributed by atoms with Crippen LogP contribution < -0.4 is 5.32 Å². The van der Waals surface area contributed by atoms with Crippen molar-refractivity contribution in [1.29, 1.82) is 0 Å². The average Bonchev–Trinajstić information content (AvgIpc) is 3.30. The molecule has 0 spiro atoms. The van der Waals surface area contributed by atoms with Gasteiger partial charge in [0, 0.05) is 6.04 Å². The number of carboxylic acids is 1. The number of hydrogen-bond donors (Lipinski definition) is 3. The van der Waals surface area contributed by atoms with Gasteiger partial charge in [0.15, 0.2) is 0 Å². The summed E-state index contributed by atoms with van der Waals surface area (Å²) in [6.45, 7) is 4.02. The van der Waals surface area contributed by atoms with E-state index < -0.39 is 22.9 Å². The van der Waals surface area contributed by atoms with Crippen molar-refractivity contribution < 1.29 is 19.4 Å². The van der Waals surface area contributed by atoms with Crippen LogP contribution in [0.2, 0.25) is 0 Å². The topological polar surface area (TPSA) is 71.0 Å². The number of rotatable bonds is 8. The zero-order valence-corrected chi connectivity index (χ0v) is 16.8. The molecule has 0 aromatic heterocycles. The molecule has 0 radical (unpaired) electrons. The molecular formula is C19H32N2O4S. The predicted molar refractivity (Wildman–Crippen MR) is 105 cm³/mol. The molecule has 0 aromatic carbocycles. The Morgan fingerprint density at radius 1 is 1.58 bits per heavy atom. The predicted octanol–water partition coefficient (Wildman–Crippen LogP) is 2.28. The van der Waals surface area contributed by atoms with Crippen molar-refractivity contribution in [2.45, 2.75) is 56.2 Å². The first-order valence-electron chi connectivity index (χ1n) is 9.55. The average molecular weight is 385 g/mol. The zero-order valence-electron chi connectivity index (χ0n) is 15.9. The molecule has 0 aliphatic carbocycles. The van der Waals surface area contributed by atoms with E-state index in [1.54, 1.807) is 7.05 Å². The molecule has 6 atom stereocenters. The molecule has 3 aliphatic rings. The van der Waals surface area contributed by atoms with Gasteiger partial charge >= 0.3 is 5.97 Å². The van der Waals surface area contributed by atoms with Crippen LogP contribution in [0.3, 0.4) is 0 Å². The maximum atomic E-state index is 11.4. The fraction of sp³-hybridized carbons (Fsp3) is 0.737. The summed E-state index contributed by atoms with van der Waals surface area (Å²) in [7, 11) is 3.32. The second-order valence-corrected chi connectivity index (χ2v) is 9.61. The molecule has 26 heavy (non-hydrogen) atoms. The van der Waals surface area contributed by atoms with E-state index in [2.05, 4.69) is 41.1 Å². The molecule has 3 rings (SSSR count). The molecule has 0 aromatic rings. The standard InChI is InChI=1S/C19H32N2O4S/c1-13-11-16(25-18(13)17(20-2)19(22)23)26-10-7-15(12-26)24-9-6-14-5-4-8-21(14)3/h7,10,12-14,16-18,20,26H,4-6,8-9,11H2,1-3H3,(H,22,23)/t13-,14?,16?,17?,18-/m1/s1. The molecule has 3 aliphatic heterocycles. The van der Waals surface area contributed by atoms with Crippen LogP contribution in [0.1, 0.15) is 32.6 Å². The van der Waals surface area contributed by atoms with Crippen LogP contribution in [-0.2, 0) is 14.3 Å². The number of likely N-dealkylation sites (N-methyl/N-ethyl adjacent to an activating group) is 1. The zero-order chi connectivity index (χ0) is 18.7. The molecule has 2 saturated heterocycles. The summed E-state index contributed by atoms with van der Waals surface area (Å²) in [5, 5.41) is 16.6. The lowest BCUT2D eigenvalue weighted by Gasteiger charge is -2.24. The number of carboxylic acid groups (broad SMARTS) is 1. The number of nitrogens with one attached hydrogen (secondary N) is 1. The van der Waals surface area contributed by atoms with Gasteiger partial charge in [-0.25, -0.2) is 0 Å². The summed E-state index contributed by atoms with van der Waals surface area (Å²) in [5.41, 5.74) is 0.0820. The summed E-state index contributed by atoms with van der Waals surface area (Å²) in [5.74, 6) is 0.316. The van der Waals surface area contributed by atoms with Gasteiger partial charge < -0.3 is 24.8 Å². The third-order valence-corrected chi connectivity index (χ3v) is 7.81. The summed E-state index contributed by atoms with van der Waals surface area (Å²) < 4.78 is 12.1. The first kappa shape index (κ1) is 19.7. The molecule has 4 unspecified atom stereocenters. The summed E-state index contributed by atoms with van der Waals surface area (Å²) in [6, 6.07) is -0.00329. The fourth-order valence-corrected chi connectivity index (χ4v) is 6.24. The maximum Gasteiger partial charge on any atom is 0.323 e. The minimum Gasteiger partial charge on any atom is -0.493 e. The lowest BCUT2D eigenvalue weighted by Crippen LogP contribution is -2.46. The van der Waals surface area contributed by atoms with Gasteiger partial charge in [-0.2, -0.15) is 10.9 Å². The highest BCUT2D eigenvalue weighted by molar-refractivity contribution is 8.22. The first-order valence-corrected chi connectivity index (χ1v) is 11.1. The number of allylic oxidation sites excluding steroid dienone is 1. The number of nitrogens with zero attached hydrogens (tertiary/aromatic N) is 1. The Bertz CT molecular complexity index is 568. The summed E-state index contributed by atoms with van der Waals surface area (Å²) in [4.78, 5) is 13.8. The number of carbonyl (C=O) groups is 1. The van der Waals surface area contributed by atoms with E-state index in [9.17, 15) is 9.90 Å². The Morgan fingerprint density at radius 3 is 3.04 bits per heavy atom. The Kier molecular flexibility index (Phi) is 6.66. The minimum absolute atomic E-state index is 0.0820. The number of hydrogen-bond acceptors (Lipinski definition) is 5. The van der Waals surface area contributed by atoms with Crippen molar-refractivity contribution in [1.82, 2.24) is 10.2 Å². The van der Waals surface area contributed by atoms with Gasteiger partial charge in [-0.1, -0.05) is 6.92 Å². The highest BCUT2D eigenvalue weighted by Gasteiger charge is 2.41. The quantitative estimate of drug-likeness (QED) is 0.558. The third-order valence-electron chi connectivity index (χ3n) is 5.77. The maximum absolute atomic E-state index is 11.4. The second kappa shape index (κ2) is 8.78. The van der Waals surface area contributed by atoms with Gasteiger partial charge in [-0.15, -0.1) is 0 Å². The second-order valence-electron chi connectivity index (χ2n) is 7.58. The largest absolute Gasteiger partial charge is 0.493 e. The highest BCUT2D eigenvalue weighted by Crippen LogP contribution is 2.48. The van der Waals surface area contributed by atoms with Gasteiger partial charge in [0.2, 0.25) is 0 Å². The van der Waals surface area contributed by atoms with Crippen molar-refractivity contribution >= 4 is 16.9 Å². The SMILES string of the molecule is CNC(C(=O)O)[C@@H]1OC([SH]2C=CC(OCCC3CCCN3C)=C2)C[C@H]1C. The first-order chi connectivity index (χ1) is 12.5. The molecule has 0 bridgehead atoms. The Balaban J connectivity index is 1.48. The molecule has 148 valence electrons. The smallest absolute Gasteiger partial charge is 0.323 e. The van der Waals surface area contributed by atoms with Gasteiger partial charge in [-0.3, -0.25) is 4.79 Å². The van der Waals surface area contributed by atoms with Crippen LogP contribution in [0.5, 0.6) is 0 Å². The van der Waals surface area contributed by atoms with Crippen molar-refractivity contribution in [2.24, 2.45) is 5.92 Å². The molecule has 3 heterocycles. The van der Waals surface area contributed by atoms with Crippen molar-refractivity contribution in [3.8, 4) is 0 Å². The Hall–Kier alpha value is -1.02. The van der Waals surface area contributed by atoms with E-state index in [1.165, 1.54) is 19.4 Å². The van der Waals surface area contributed by atoms with E-state index in [1.807, 2.05) is 0 Å². The highest BCUT2D eigenvalue weighted by atomic mass is 32.2. The molecule has 0 saturated carbocycles. The van der Waals surface area contributed by atoms with Crippen molar-refractivity contribution in [3.63, 3.8) is 0 Å². The van der Waals surface area contributed by atoms with Crippen LogP contribution in [-0.4, -0.2) is 66.8 Å². The van der Waals surface area contributed by atoms with E-state index in [-0.39, 0.29) is 17.5 Å². The molecule has 7 heteroatoms. The third kappa shape index (κ3) is 4.44. The molecule has 6 nitrogen and oxygen atoms in total. The fourth-order valence-electron chi connectivity index (χ4n) is 4.16. The van der Waals surface area contributed by atoms with Crippen LogP contribution in [0.25, 0.3) is 0 Å². The van der Waals surface area contributed by atoms with E-state index >= 15 is 0 Å². The summed E-state index contributed by atoms with van der Waals surface area (Å²) >= 11 is 0. The monoisotopic (exact) mass is 384 g/mol. The number of thiol groups is 1. The van der Waals surface area contributed by atoms with E-state index in [0.717, 1.165) is 25.2 Å². The number of likely N-dealkylation sites (tertiary alicyclic amines) is 1. The normalized spacial score (nSPS) is 37.0. The van der Waals surface area contributed by atoms with Crippen LogP contribution in [0.4, 0.5) is 0 Å². The van der Waals surface area contributed by atoms with Crippen molar-refractivity contribution in [2.75, 3.05) is 27.2 Å². The van der Waals surface area contributed by atoms with Crippen molar-refractivity contribution in [3.05, 3.63) is 22.7 Å².